The maximum atomic E-state index is 5.25. The van der Waals surface area contributed by atoms with Crippen LogP contribution in [-0.4, -0.2) is 30.3 Å². The molecule has 1 heterocycles. The van der Waals surface area contributed by atoms with Crippen molar-refractivity contribution in [1.82, 2.24) is 15.5 Å². The Bertz CT molecular complexity index is 520. The van der Waals surface area contributed by atoms with Gasteiger partial charge in [-0.2, -0.15) is 4.98 Å². The van der Waals surface area contributed by atoms with Crippen molar-refractivity contribution in [2.45, 2.75) is 20.3 Å². The third-order valence-electron chi connectivity index (χ3n) is 2.88. The summed E-state index contributed by atoms with van der Waals surface area (Å²) in [6.45, 7) is 6.21. The lowest BCUT2D eigenvalue weighted by Crippen LogP contribution is -2.22. The smallest absolute Gasteiger partial charge is 0.228 e. The zero-order valence-electron chi connectivity index (χ0n) is 12.2. The molecule has 0 fully saturated rings. The van der Waals surface area contributed by atoms with E-state index in [4.69, 9.17) is 9.26 Å². The van der Waals surface area contributed by atoms with Gasteiger partial charge >= 0.3 is 0 Å². The summed E-state index contributed by atoms with van der Waals surface area (Å²) in [5.41, 5.74) is 0.927. The van der Waals surface area contributed by atoms with Crippen molar-refractivity contribution in [3.05, 3.63) is 30.2 Å². The number of nitrogens with zero attached hydrogens (tertiary/aromatic N) is 2. The highest BCUT2D eigenvalue weighted by atomic mass is 16.5. The molecular weight excluding hydrogens is 254 g/mol. The molecule has 0 bridgehead atoms. The van der Waals surface area contributed by atoms with Gasteiger partial charge in [0.15, 0.2) is 0 Å². The summed E-state index contributed by atoms with van der Waals surface area (Å²) in [7, 11) is 1.64. The van der Waals surface area contributed by atoms with Crippen LogP contribution < -0.4 is 10.1 Å². The number of ether oxygens (including phenoxy) is 1. The Morgan fingerprint density at radius 1 is 1.25 bits per heavy atom. The van der Waals surface area contributed by atoms with E-state index in [9.17, 15) is 0 Å². The Balaban J connectivity index is 1.90. The second kappa shape index (κ2) is 7.05. The second-order valence-electron chi connectivity index (χ2n) is 5.09. The fourth-order valence-corrected chi connectivity index (χ4v) is 1.80. The van der Waals surface area contributed by atoms with Crippen LogP contribution in [0.15, 0.2) is 28.8 Å². The summed E-state index contributed by atoms with van der Waals surface area (Å²) in [5, 5.41) is 7.35. The number of benzene rings is 1. The fourth-order valence-electron chi connectivity index (χ4n) is 1.80. The highest BCUT2D eigenvalue weighted by Gasteiger charge is 2.08. The highest BCUT2D eigenvalue weighted by molar-refractivity contribution is 5.55. The molecule has 0 saturated carbocycles. The maximum absolute atomic E-state index is 5.25. The van der Waals surface area contributed by atoms with Crippen LogP contribution >= 0.6 is 0 Å². The minimum Gasteiger partial charge on any atom is -0.497 e. The van der Waals surface area contributed by atoms with Gasteiger partial charge in [0, 0.05) is 18.5 Å². The predicted molar refractivity (Wildman–Crippen MR) is 77.7 cm³/mol. The molecule has 108 valence electrons. The van der Waals surface area contributed by atoms with E-state index < -0.39 is 0 Å². The lowest BCUT2D eigenvalue weighted by molar-refractivity contribution is 0.375. The Morgan fingerprint density at radius 3 is 2.65 bits per heavy atom. The molecule has 1 N–H and O–H groups in total. The molecule has 0 spiro atoms. The van der Waals surface area contributed by atoms with Crippen molar-refractivity contribution in [2.75, 3.05) is 20.2 Å². The van der Waals surface area contributed by atoms with Crippen LogP contribution in [0.25, 0.3) is 11.4 Å². The van der Waals surface area contributed by atoms with Gasteiger partial charge in [0.05, 0.1) is 7.11 Å². The average Bonchev–Trinajstić information content (AvgIpc) is 2.92. The van der Waals surface area contributed by atoms with Crippen LogP contribution in [0, 0.1) is 5.92 Å². The standard InChI is InChI=1S/C15H21N3O2/c1-11(2)10-16-9-8-14-17-15(18-20-14)12-4-6-13(19-3)7-5-12/h4-7,11,16H,8-10H2,1-3H3. The molecule has 5 heteroatoms. The number of nitrogens with one attached hydrogen (secondary N) is 1. The van der Waals surface area contributed by atoms with E-state index in [1.54, 1.807) is 7.11 Å². The summed E-state index contributed by atoms with van der Waals surface area (Å²) in [6.07, 6.45) is 0.746. The van der Waals surface area contributed by atoms with E-state index in [0.717, 1.165) is 30.8 Å². The average molecular weight is 275 g/mol. The van der Waals surface area contributed by atoms with Gasteiger partial charge in [-0.25, -0.2) is 0 Å². The third-order valence-corrected chi connectivity index (χ3v) is 2.88. The second-order valence-corrected chi connectivity index (χ2v) is 5.09. The lowest BCUT2D eigenvalue weighted by atomic mass is 10.2. The first kappa shape index (κ1) is 14.5. The van der Waals surface area contributed by atoms with E-state index >= 15 is 0 Å². The molecule has 1 aromatic carbocycles. The highest BCUT2D eigenvalue weighted by Crippen LogP contribution is 2.19. The summed E-state index contributed by atoms with van der Waals surface area (Å²) >= 11 is 0. The van der Waals surface area contributed by atoms with Crippen LogP contribution in [0.4, 0.5) is 0 Å². The molecule has 0 saturated heterocycles. The van der Waals surface area contributed by atoms with Gasteiger partial charge in [-0.05, 0) is 36.7 Å². The first-order chi connectivity index (χ1) is 9.69. The first-order valence-electron chi connectivity index (χ1n) is 6.86. The van der Waals surface area contributed by atoms with Crippen LogP contribution in [0.1, 0.15) is 19.7 Å². The zero-order chi connectivity index (χ0) is 14.4. The first-order valence-corrected chi connectivity index (χ1v) is 6.86. The Labute approximate surface area is 119 Å². The molecule has 0 atom stereocenters. The summed E-state index contributed by atoms with van der Waals surface area (Å²) in [4.78, 5) is 4.39. The van der Waals surface area contributed by atoms with E-state index in [0.29, 0.717) is 17.6 Å². The van der Waals surface area contributed by atoms with Gasteiger partial charge in [0.1, 0.15) is 5.75 Å². The summed E-state index contributed by atoms with van der Waals surface area (Å²) in [5.74, 6) is 2.74. The molecule has 0 amide bonds. The van der Waals surface area contributed by atoms with E-state index in [-0.39, 0.29) is 0 Å². The lowest BCUT2D eigenvalue weighted by Gasteiger charge is -2.04. The van der Waals surface area contributed by atoms with Crippen LogP contribution in [0.5, 0.6) is 5.75 Å². The van der Waals surface area contributed by atoms with Gasteiger partial charge in [-0.1, -0.05) is 19.0 Å². The van der Waals surface area contributed by atoms with E-state index in [1.165, 1.54) is 0 Å². The van der Waals surface area contributed by atoms with Gasteiger partial charge < -0.3 is 14.6 Å². The van der Waals surface area contributed by atoms with Gasteiger partial charge in [-0.3, -0.25) is 0 Å². The molecule has 0 radical (unpaired) electrons. The van der Waals surface area contributed by atoms with Gasteiger partial charge in [0.25, 0.3) is 0 Å². The molecule has 0 aliphatic carbocycles. The van der Waals surface area contributed by atoms with Crippen LogP contribution in [0.2, 0.25) is 0 Å². The van der Waals surface area contributed by atoms with Gasteiger partial charge in [0.2, 0.25) is 11.7 Å². The Hall–Kier alpha value is -1.88. The number of hydrogen-bond donors (Lipinski definition) is 1. The quantitative estimate of drug-likeness (QED) is 0.787. The maximum Gasteiger partial charge on any atom is 0.228 e. The van der Waals surface area contributed by atoms with E-state index in [1.807, 2.05) is 24.3 Å². The normalized spacial score (nSPS) is 11.0. The largest absolute Gasteiger partial charge is 0.497 e. The van der Waals surface area contributed by atoms with Crippen LogP contribution in [-0.2, 0) is 6.42 Å². The van der Waals surface area contributed by atoms with Crippen molar-refractivity contribution in [3.63, 3.8) is 0 Å². The van der Waals surface area contributed by atoms with Crippen molar-refractivity contribution in [2.24, 2.45) is 5.92 Å². The SMILES string of the molecule is COc1ccc(-c2noc(CCNCC(C)C)n2)cc1. The molecule has 2 rings (SSSR count). The fraction of sp³-hybridized carbons (Fsp3) is 0.467. The predicted octanol–water partition coefficient (Wildman–Crippen LogP) is 2.53. The number of methoxy groups -OCH3 is 1. The third kappa shape index (κ3) is 4.06. The molecule has 20 heavy (non-hydrogen) atoms. The number of aromatic nitrogens is 2. The van der Waals surface area contributed by atoms with Crippen molar-refractivity contribution >= 4 is 0 Å². The van der Waals surface area contributed by atoms with Gasteiger partial charge in [-0.15, -0.1) is 0 Å². The van der Waals surface area contributed by atoms with Crippen molar-refractivity contribution in [1.29, 1.82) is 0 Å². The Morgan fingerprint density at radius 2 is 2.00 bits per heavy atom. The minimum atomic E-state index is 0.617. The summed E-state index contributed by atoms with van der Waals surface area (Å²) in [6, 6.07) is 7.61. The summed E-state index contributed by atoms with van der Waals surface area (Å²) < 4.78 is 10.4. The minimum absolute atomic E-state index is 0.617. The van der Waals surface area contributed by atoms with E-state index in [2.05, 4.69) is 29.3 Å². The molecule has 5 nitrogen and oxygen atoms in total. The zero-order valence-corrected chi connectivity index (χ0v) is 12.2. The Kier molecular flexibility index (Phi) is 5.12. The number of hydrogen-bond acceptors (Lipinski definition) is 5. The van der Waals surface area contributed by atoms with Crippen molar-refractivity contribution < 1.29 is 9.26 Å². The molecule has 0 aliphatic heterocycles. The van der Waals surface area contributed by atoms with Crippen molar-refractivity contribution in [3.8, 4) is 17.1 Å². The molecule has 1 aromatic heterocycles. The number of rotatable bonds is 7. The molecule has 2 aromatic rings. The topological polar surface area (TPSA) is 60.2 Å². The molecule has 0 unspecified atom stereocenters. The molecule has 0 aliphatic rings. The van der Waals surface area contributed by atoms with Crippen LogP contribution in [0.3, 0.4) is 0 Å². The molecular formula is C15H21N3O2. The monoisotopic (exact) mass is 275 g/mol.